The molecular formula is C20H28N2O3. The number of amides is 2. The van der Waals surface area contributed by atoms with Crippen LogP contribution in [0.3, 0.4) is 0 Å². The Kier molecular flexibility index (Phi) is 5.61. The smallest absolute Gasteiger partial charge is 0.227 e. The van der Waals surface area contributed by atoms with Gasteiger partial charge >= 0.3 is 0 Å². The van der Waals surface area contributed by atoms with Gasteiger partial charge in [-0.05, 0) is 48.8 Å². The standard InChI is InChI=1S/C20H28N2O3/c1-15(23)21-9-6-17(7-10-21)18-8-11-22(14-18)20(24)13-16-4-3-5-19(12-16)25-2/h3-5,12,17-18H,6-11,13-14H2,1-2H3. The number of carbonyl (C=O) groups is 2. The summed E-state index contributed by atoms with van der Waals surface area (Å²) in [5.74, 6) is 2.41. The molecule has 3 rings (SSSR count). The number of hydrogen-bond donors (Lipinski definition) is 0. The van der Waals surface area contributed by atoms with Crippen molar-refractivity contribution < 1.29 is 14.3 Å². The highest BCUT2D eigenvalue weighted by Crippen LogP contribution is 2.32. The van der Waals surface area contributed by atoms with Crippen molar-refractivity contribution in [2.45, 2.75) is 32.6 Å². The number of ether oxygens (including phenoxy) is 1. The fourth-order valence-corrected chi connectivity index (χ4v) is 4.15. The lowest BCUT2D eigenvalue weighted by Gasteiger charge is -2.34. The van der Waals surface area contributed by atoms with Crippen molar-refractivity contribution in [1.29, 1.82) is 0 Å². The van der Waals surface area contributed by atoms with Crippen LogP contribution in [0.25, 0.3) is 0 Å². The first kappa shape index (κ1) is 17.8. The number of rotatable bonds is 4. The van der Waals surface area contributed by atoms with Crippen molar-refractivity contribution in [2.75, 3.05) is 33.3 Å². The van der Waals surface area contributed by atoms with Crippen LogP contribution in [-0.4, -0.2) is 54.9 Å². The predicted molar refractivity (Wildman–Crippen MR) is 96.4 cm³/mol. The lowest BCUT2D eigenvalue weighted by atomic mass is 9.84. The molecule has 0 bridgehead atoms. The van der Waals surface area contributed by atoms with E-state index in [-0.39, 0.29) is 11.8 Å². The van der Waals surface area contributed by atoms with Gasteiger partial charge in [-0.25, -0.2) is 0 Å². The predicted octanol–water partition coefficient (Wildman–Crippen LogP) is 2.34. The topological polar surface area (TPSA) is 49.9 Å². The lowest BCUT2D eigenvalue weighted by molar-refractivity contribution is -0.130. The van der Waals surface area contributed by atoms with Crippen LogP contribution in [0.5, 0.6) is 5.75 Å². The number of nitrogens with zero attached hydrogens (tertiary/aromatic N) is 2. The lowest BCUT2D eigenvalue weighted by Crippen LogP contribution is -2.39. The molecule has 2 saturated heterocycles. The molecule has 2 amide bonds. The van der Waals surface area contributed by atoms with E-state index in [0.717, 1.165) is 56.8 Å². The second-order valence-corrected chi connectivity index (χ2v) is 7.26. The maximum absolute atomic E-state index is 12.6. The van der Waals surface area contributed by atoms with Crippen LogP contribution in [-0.2, 0) is 16.0 Å². The monoisotopic (exact) mass is 344 g/mol. The molecule has 1 unspecified atom stereocenters. The summed E-state index contributed by atoms with van der Waals surface area (Å²) in [4.78, 5) is 28.0. The zero-order valence-corrected chi connectivity index (χ0v) is 15.2. The number of likely N-dealkylation sites (tertiary alicyclic amines) is 2. The highest BCUT2D eigenvalue weighted by molar-refractivity contribution is 5.79. The van der Waals surface area contributed by atoms with Crippen molar-refractivity contribution in [1.82, 2.24) is 9.80 Å². The summed E-state index contributed by atoms with van der Waals surface area (Å²) in [7, 11) is 1.64. The van der Waals surface area contributed by atoms with Crippen LogP contribution in [0.2, 0.25) is 0 Å². The SMILES string of the molecule is COc1cccc(CC(=O)N2CCC(C3CCN(C(C)=O)CC3)C2)c1. The van der Waals surface area contributed by atoms with Crippen LogP contribution >= 0.6 is 0 Å². The zero-order valence-electron chi connectivity index (χ0n) is 15.2. The quantitative estimate of drug-likeness (QED) is 0.842. The van der Waals surface area contributed by atoms with Gasteiger partial charge < -0.3 is 14.5 Å². The Labute approximate surface area is 149 Å². The minimum absolute atomic E-state index is 0.181. The average molecular weight is 344 g/mol. The van der Waals surface area contributed by atoms with E-state index in [0.29, 0.717) is 18.3 Å². The first-order chi connectivity index (χ1) is 12.1. The molecule has 25 heavy (non-hydrogen) atoms. The first-order valence-electron chi connectivity index (χ1n) is 9.23. The molecule has 5 nitrogen and oxygen atoms in total. The Morgan fingerprint density at radius 1 is 1.08 bits per heavy atom. The zero-order chi connectivity index (χ0) is 17.8. The molecule has 0 spiro atoms. The van der Waals surface area contributed by atoms with Gasteiger partial charge in [0.25, 0.3) is 0 Å². The summed E-state index contributed by atoms with van der Waals surface area (Å²) < 4.78 is 5.23. The van der Waals surface area contributed by atoms with Crippen molar-refractivity contribution in [3.05, 3.63) is 29.8 Å². The van der Waals surface area contributed by atoms with Crippen molar-refractivity contribution in [3.63, 3.8) is 0 Å². The summed E-state index contributed by atoms with van der Waals surface area (Å²) in [6, 6.07) is 7.73. The average Bonchev–Trinajstić information content (AvgIpc) is 3.12. The summed E-state index contributed by atoms with van der Waals surface area (Å²) in [6.45, 7) is 5.12. The van der Waals surface area contributed by atoms with Gasteiger partial charge in [-0.2, -0.15) is 0 Å². The highest BCUT2D eigenvalue weighted by Gasteiger charge is 2.33. The van der Waals surface area contributed by atoms with Crippen LogP contribution in [0.1, 0.15) is 31.7 Å². The third-order valence-electron chi connectivity index (χ3n) is 5.72. The number of carbonyl (C=O) groups excluding carboxylic acids is 2. The molecular weight excluding hydrogens is 316 g/mol. The summed E-state index contributed by atoms with van der Waals surface area (Å²) in [6.07, 6.45) is 3.67. The maximum Gasteiger partial charge on any atom is 0.227 e. The van der Waals surface area contributed by atoms with Gasteiger partial charge in [0.2, 0.25) is 11.8 Å². The molecule has 1 aromatic carbocycles. The Bertz CT molecular complexity index is 623. The van der Waals surface area contributed by atoms with Crippen LogP contribution in [0.4, 0.5) is 0 Å². The van der Waals surface area contributed by atoms with Gasteiger partial charge in [-0.3, -0.25) is 9.59 Å². The number of benzene rings is 1. The molecule has 136 valence electrons. The van der Waals surface area contributed by atoms with E-state index < -0.39 is 0 Å². The molecule has 0 N–H and O–H groups in total. The fourth-order valence-electron chi connectivity index (χ4n) is 4.15. The minimum Gasteiger partial charge on any atom is -0.497 e. The van der Waals surface area contributed by atoms with Crippen molar-refractivity contribution in [3.8, 4) is 5.75 Å². The molecule has 5 heteroatoms. The number of piperidine rings is 1. The van der Waals surface area contributed by atoms with Crippen LogP contribution in [0, 0.1) is 11.8 Å². The second kappa shape index (κ2) is 7.89. The summed E-state index contributed by atoms with van der Waals surface area (Å²) in [5, 5.41) is 0. The largest absolute Gasteiger partial charge is 0.497 e. The Balaban J connectivity index is 1.50. The molecule has 0 saturated carbocycles. The van der Waals surface area contributed by atoms with Gasteiger partial charge in [0, 0.05) is 33.1 Å². The Morgan fingerprint density at radius 2 is 1.76 bits per heavy atom. The van der Waals surface area contributed by atoms with E-state index in [1.165, 1.54) is 0 Å². The maximum atomic E-state index is 12.6. The van der Waals surface area contributed by atoms with Gasteiger partial charge in [-0.15, -0.1) is 0 Å². The summed E-state index contributed by atoms with van der Waals surface area (Å²) in [5.41, 5.74) is 1.00. The fraction of sp³-hybridized carbons (Fsp3) is 0.600. The van der Waals surface area contributed by atoms with E-state index in [2.05, 4.69) is 0 Å². The Hall–Kier alpha value is -2.04. The molecule has 2 heterocycles. The summed E-state index contributed by atoms with van der Waals surface area (Å²) >= 11 is 0. The minimum atomic E-state index is 0.181. The van der Waals surface area contributed by atoms with Gasteiger partial charge in [0.05, 0.1) is 13.5 Å². The molecule has 2 fully saturated rings. The van der Waals surface area contributed by atoms with E-state index in [1.54, 1.807) is 14.0 Å². The molecule has 1 aromatic rings. The number of hydrogen-bond acceptors (Lipinski definition) is 3. The van der Waals surface area contributed by atoms with Crippen molar-refractivity contribution in [2.24, 2.45) is 11.8 Å². The van der Waals surface area contributed by atoms with Gasteiger partial charge in [-0.1, -0.05) is 12.1 Å². The molecule has 2 aliphatic rings. The van der Waals surface area contributed by atoms with Gasteiger partial charge in [0.15, 0.2) is 0 Å². The first-order valence-corrected chi connectivity index (χ1v) is 9.23. The van der Waals surface area contributed by atoms with E-state index in [4.69, 9.17) is 4.74 Å². The third-order valence-corrected chi connectivity index (χ3v) is 5.72. The van der Waals surface area contributed by atoms with Crippen LogP contribution in [0.15, 0.2) is 24.3 Å². The molecule has 0 radical (unpaired) electrons. The van der Waals surface area contributed by atoms with Gasteiger partial charge in [0.1, 0.15) is 5.75 Å². The van der Waals surface area contributed by atoms with E-state index >= 15 is 0 Å². The molecule has 0 aromatic heterocycles. The molecule has 1 atom stereocenters. The number of methoxy groups -OCH3 is 1. The normalized spacial score (nSPS) is 21.4. The highest BCUT2D eigenvalue weighted by atomic mass is 16.5. The Morgan fingerprint density at radius 3 is 2.44 bits per heavy atom. The molecule has 2 aliphatic heterocycles. The third kappa shape index (κ3) is 4.33. The van der Waals surface area contributed by atoms with Crippen LogP contribution < -0.4 is 4.74 Å². The van der Waals surface area contributed by atoms with Crippen molar-refractivity contribution >= 4 is 11.8 Å². The van der Waals surface area contributed by atoms with E-state index in [1.807, 2.05) is 34.1 Å². The van der Waals surface area contributed by atoms with E-state index in [9.17, 15) is 9.59 Å². The molecule has 0 aliphatic carbocycles. The second-order valence-electron chi connectivity index (χ2n) is 7.26.